The van der Waals surface area contributed by atoms with Gasteiger partial charge in [0.05, 0.1) is 12.6 Å². The lowest BCUT2D eigenvalue weighted by atomic mass is 9.96. The van der Waals surface area contributed by atoms with Crippen LogP contribution in [0.1, 0.15) is 194 Å². The van der Waals surface area contributed by atoms with Crippen molar-refractivity contribution < 1.29 is 15.0 Å². The molecule has 0 aromatic rings. The molecule has 0 saturated carbocycles. The van der Waals surface area contributed by atoms with Gasteiger partial charge in [0, 0.05) is 0 Å². The van der Waals surface area contributed by atoms with Crippen molar-refractivity contribution in [1.29, 1.82) is 0 Å². The third-order valence-corrected chi connectivity index (χ3v) is 8.53. The van der Waals surface area contributed by atoms with E-state index in [4.69, 9.17) is 9.73 Å². The molecular weight excluding hydrogens is 458 g/mol. The molecule has 1 heterocycles. The molecule has 1 aliphatic rings. The molecule has 222 valence electrons. The van der Waals surface area contributed by atoms with Crippen LogP contribution in [0.2, 0.25) is 0 Å². The van der Waals surface area contributed by atoms with Crippen molar-refractivity contribution in [1.82, 2.24) is 5.06 Å². The quantitative estimate of drug-likeness (QED) is 0.0626. The summed E-state index contributed by atoms with van der Waals surface area (Å²) in [6.07, 6.45) is 35.1. The normalized spacial score (nSPS) is 17.7. The van der Waals surface area contributed by atoms with Gasteiger partial charge in [-0.1, -0.05) is 162 Å². The maximum atomic E-state index is 9.82. The molecule has 0 aromatic heterocycles. The number of hydrogen-bond donors (Lipinski definition) is 1. The van der Waals surface area contributed by atoms with Crippen LogP contribution >= 0.6 is 0 Å². The Labute approximate surface area is 232 Å². The van der Waals surface area contributed by atoms with E-state index in [0.29, 0.717) is 6.54 Å². The Morgan fingerprint density at radius 3 is 1.30 bits per heavy atom. The third kappa shape index (κ3) is 17.2. The fourth-order valence-corrected chi connectivity index (χ4v) is 6.08. The van der Waals surface area contributed by atoms with E-state index in [9.17, 15) is 5.26 Å². The molecule has 1 fully saturated rings. The molecule has 1 rings (SSSR count). The molecule has 4 heteroatoms. The predicted molar refractivity (Wildman–Crippen MR) is 160 cm³/mol. The van der Waals surface area contributed by atoms with Gasteiger partial charge in [-0.2, -0.15) is 0 Å². The summed E-state index contributed by atoms with van der Waals surface area (Å²) in [5.74, 6) is 0. The van der Waals surface area contributed by atoms with Crippen molar-refractivity contribution in [2.24, 2.45) is 0 Å². The van der Waals surface area contributed by atoms with Gasteiger partial charge in [-0.25, -0.2) is 5.26 Å². The Morgan fingerprint density at radius 1 is 0.568 bits per heavy atom. The Kier molecular flexibility index (Phi) is 23.4. The lowest BCUT2D eigenvalue weighted by Gasteiger charge is -2.34. The zero-order valence-corrected chi connectivity index (χ0v) is 25.6. The summed E-state index contributed by atoms with van der Waals surface area (Å²) in [5.41, 5.74) is -0.427. The molecule has 1 N–H and O–H groups in total. The lowest BCUT2D eigenvalue weighted by molar-refractivity contribution is -0.434. The smallest absolute Gasteiger partial charge is 0.147 e. The maximum absolute atomic E-state index is 9.82. The third-order valence-electron chi connectivity index (χ3n) is 8.53. The number of nitrogens with zero attached hydrogens (tertiary/aromatic N) is 1. The van der Waals surface area contributed by atoms with E-state index in [1.807, 2.05) is 5.06 Å². The van der Waals surface area contributed by atoms with Crippen molar-refractivity contribution in [3.8, 4) is 0 Å². The fraction of sp³-hybridized carbons (Fsp3) is 1.00. The first-order valence-corrected chi connectivity index (χ1v) is 17.0. The highest BCUT2D eigenvalue weighted by atomic mass is 17.2. The number of hydroxylamine groups is 2. The average molecular weight is 526 g/mol. The molecular formula is C33H67NO3. The van der Waals surface area contributed by atoms with Crippen LogP contribution in [0.4, 0.5) is 0 Å². The van der Waals surface area contributed by atoms with Gasteiger partial charge in [0.25, 0.3) is 0 Å². The summed E-state index contributed by atoms with van der Waals surface area (Å²) in [5, 5.41) is 11.6. The van der Waals surface area contributed by atoms with Gasteiger partial charge in [0.1, 0.15) is 5.72 Å². The van der Waals surface area contributed by atoms with Crippen LogP contribution < -0.4 is 0 Å². The highest BCUT2D eigenvalue weighted by Crippen LogP contribution is 2.38. The standard InChI is InChI=1S/C33H67NO3/c1-4-7-10-13-16-19-22-25-28-32-31-34(37-35)33(36-32,29-26-23-20-17-14-11-8-5-2)30-27-24-21-18-15-12-9-6-3/h32,35H,4-31H2,1-3H3. The lowest BCUT2D eigenvalue weighted by Crippen LogP contribution is -2.44. The van der Waals surface area contributed by atoms with Crippen LogP contribution in [-0.4, -0.2) is 28.7 Å². The largest absolute Gasteiger partial charge is 0.354 e. The van der Waals surface area contributed by atoms with Crippen molar-refractivity contribution in [3.63, 3.8) is 0 Å². The van der Waals surface area contributed by atoms with Crippen LogP contribution in [-0.2, 0) is 9.73 Å². The monoisotopic (exact) mass is 526 g/mol. The summed E-state index contributed by atoms with van der Waals surface area (Å²) < 4.78 is 6.77. The van der Waals surface area contributed by atoms with Gasteiger partial charge >= 0.3 is 0 Å². The maximum Gasteiger partial charge on any atom is 0.147 e. The minimum Gasteiger partial charge on any atom is -0.354 e. The molecule has 1 saturated heterocycles. The second-order valence-corrected chi connectivity index (χ2v) is 12.0. The summed E-state index contributed by atoms with van der Waals surface area (Å²) in [6.45, 7) is 7.56. The second-order valence-electron chi connectivity index (χ2n) is 12.0. The van der Waals surface area contributed by atoms with Crippen LogP contribution in [0.3, 0.4) is 0 Å². The second kappa shape index (κ2) is 24.9. The van der Waals surface area contributed by atoms with Gasteiger partial charge in [0.2, 0.25) is 0 Å². The van der Waals surface area contributed by atoms with Gasteiger partial charge in [-0.3, -0.25) is 0 Å². The van der Waals surface area contributed by atoms with Crippen molar-refractivity contribution in [2.45, 2.75) is 206 Å². The van der Waals surface area contributed by atoms with E-state index < -0.39 is 5.72 Å². The summed E-state index contributed by atoms with van der Waals surface area (Å²) in [4.78, 5) is 4.99. The molecule has 0 amide bonds. The summed E-state index contributed by atoms with van der Waals surface area (Å²) in [6, 6.07) is 0. The topological polar surface area (TPSA) is 41.9 Å². The van der Waals surface area contributed by atoms with E-state index in [-0.39, 0.29) is 6.10 Å². The first kappa shape index (κ1) is 34.9. The number of hydrogen-bond acceptors (Lipinski definition) is 4. The van der Waals surface area contributed by atoms with E-state index in [1.165, 1.54) is 141 Å². The molecule has 1 atom stereocenters. The number of unbranched alkanes of at least 4 members (excludes halogenated alkanes) is 21. The molecule has 0 bridgehead atoms. The first-order chi connectivity index (χ1) is 18.2. The Balaban J connectivity index is 2.44. The Morgan fingerprint density at radius 2 is 0.919 bits per heavy atom. The van der Waals surface area contributed by atoms with Crippen LogP contribution in [0.25, 0.3) is 0 Å². The van der Waals surface area contributed by atoms with Gasteiger partial charge in [-0.05, 0) is 32.1 Å². The van der Waals surface area contributed by atoms with Crippen molar-refractivity contribution in [2.75, 3.05) is 6.54 Å². The predicted octanol–water partition coefficient (Wildman–Crippen LogP) is 11.4. The van der Waals surface area contributed by atoms with Crippen molar-refractivity contribution >= 4 is 0 Å². The van der Waals surface area contributed by atoms with E-state index in [2.05, 4.69) is 20.8 Å². The minimum atomic E-state index is -0.427. The molecule has 37 heavy (non-hydrogen) atoms. The highest BCUT2D eigenvalue weighted by Gasteiger charge is 2.47. The van der Waals surface area contributed by atoms with Crippen LogP contribution in [0.5, 0.6) is 0 Å². The highest BCUT2D eigenvalue weighted by molar-refractivity contribution is 4.87. The minimum absolute atomic E-state index is 0.190. The fourth-order valence-electron chi connectivity index (χ4n) is 6.08. The zero-order valence-electron chi connectivity index (χ0n) is 25.6. The van der Waals surface area contributed by atoms with E-state index in [1.54, 1.807) is 0 Å². The van der Waals surface area contributed by atoms with Crippen molar-refractivity contribution in [3.05, 3.63) is 0 Å². The molecule has 0 aromatic carbocycles. The van der Waals surface area contributed by atoms with Gasteiger partial charge in [-0.15, -0.1) is 10.1 Å². The molecule has 0 aliphatic carbocycles. The molecule has 4 nitrogen and oxygen atoms in total. The Hall–Kier alpha value is -0.160. The SMILES string of the molecule is CCCCCCCCCCC1CN(OO)C(CCCCCCCCCC)(CCCCCCCCCC)O1. The summed E-state index contributed by atoms with van der Waals surface area (Å²) in [7, 11) is 0. The van der Waals surface area contributed by atoms with E-state index >= 15 is 0 Å². The molecule has 0 radical (unpaired) electrons. The van der Waals surface area contributed by atoms with Crippen LogP contribution in [0, 0.1) is 0 Å². The number of ether oxygens (including phenoxy) is 1. The summed E-state index contributed by atoms with van der Waals surface area (Å²) >= 11 is 0. The average Bonchev–Trinajstić information content (AvgIpc) is 3.26. The van der Waals surface area contributed by atoms with Gasteiger partial charge in [0.15, 0.2) is 0 Å². The number of rotatable bonds is 28. The van der Waals surface area contributed by atoms with Crippen LogP contribution in [0.15, 0.2) is 0 Å². The zero-order chi connectivity index (χ0) is 26.9. The molecule has 0 spiro atoms. The molecule has 1 unspecified atom stereocenters. The first-order valence-electron chi connectivity index (χ1n) is 17.0. The molecule has 1 aliphatic heterocycles. The van der Waals surface area contributed by atoms with Gasteiger partial charge < -0.3 is 4.74 Å². The Bertz CT molecular complexity index is 452. The van der Waals surface area contributed by atoms with E-state index in [0.717, 1.165) is 32.1 Å².